The summed E-state index contributed by atoms with van der Waals surface area (Å²) in [6.45, 7) is 15.0. The van der Waals surface area contributed by atoms with Crippen molar-refractivity contribution >= 4 is 11.8 Å². The lowest BCUT2D eigenvalue weighted by Crippen LogP contribution is -2.53. The molecule has 2 aliphatic rings. The number of guanidine groups is 1. The van der Waals surface area contributed by atoms with Gasteiger partial charge in [0.25, 0.3) is 0 Å². The van der Waals surface area contributed by atoms with E-state index in [1.165, 1.54) is 25.9 Å². The van der Waals surface area contributed by atoms with Crippen LogP contribution < -0.4 is 10.2 Å². The van der Waals surface area contributed by atoms with Crippen molar-refractivity contribution in [1.29, 1.82) is 0 Å². The maximum absolute atomic E-state index is 5.03. The molecule has 0 radical (unpaired) electrons. The molecule has 1 aromatic heterocycles. The standard InChI is InChI=1S/C21H36N6/c1-4-22-21(24-16-19-8-7-11-27(19)17-18(2)3)26-14-12-25(13-15-26)20-9-5-6-10-23-20/h5-6,9-10,18-19H,4,7-8,11-17H2,1-3H3,(H,22,24)/t19-/m1/s1. The van der Waals surface area contributed by atoms with Crippen LogP contribution >= 0.6 is 0 Å². The molecule has 0 amide bonds. The zero-order valence-corrected chi connectivity index (χ0v) is 17.3. The van der Waals surface area contributed by atoms with Gasteiger partial charge in [-0.05, 0) is 44.4 Å². The second-order valence-corrected chi connectivity index (χ2v) is 8.04. The highest BCUT2D eigenvalue weighted by molar-refractivity contribution is 5.80. The van der Waals surface area contributed by atoms with E-state index in [-0.39, 0.29) is 0 Å². The van der Waals surface area contributed by atoms with Gasteiger partial charge in [-0.15, -0.1) is 0 Å². The molecule has 0 spiro atoms. The van der Waals surface area contributed by atoms with Crippen LogP contribution in [0.3, 0.4) is 0 Å². The zero-order valence-electron chi connectivity index (χ0n) is 17.3. The van der Waals surface area contributed by atoms with Crippen LogP contribution in [-0.4, -0.2) is 79.1 Å². The van der Waals surface area contributed by atoms with Crippen molar-refractivity contribution in [1.82, 2.24) is 20.1 Å². The van der Waals surface area contributed by atoms with Crippen molar-refractivity contribution in [2.75, 3.05) is 57.3 Å². The summed E-state index contributed by atoms with van der Waals surface area (Å²) in [6, 6.07) is 6.74. The molecular weight excluding hydrogens is 336 g/mol. The predicted octanol–water partition coefficient (Wildman–Crippen LogP) is 2.29. The fourth-order valence-electron chi connectivity index (χ4n) is 4.12. The number of nitrogens with zero attached hydrogens (tertiary/aromatic N) is 5. The van der Waals surface area contributed by atoms with E-state index in [1.807, 2.05) is 12.3 Å². The number of aromatic nitrogens is 1. The van der Waals surface area contributed by atoms with Gasteiger partial charge in [0.2, 0.25) is 0 Å². The van der Waals surface area contributed by atoms with Crippen LogP contribution in [-0.2, 0) is 0 Å². The monoisotopic (exact) mass is 372 g/mol. The van der Waals surface area contributed by atoms with Crippen LogP contribution in [0.5, 0.6) is 0 Å². The van der Waals surface area contributed by atoms with Crippen molar-refractivity contribution in [3.05, 3.63) is 24.4 Å². The molecule has 150 valence electrons. The van der Waals surface area contributed by atoms with Crippen molar-refractivity contribution < 1.29 is 0 Å². The number of nitrogens with one attached hydrogen (secondary N) is 1. The number of anilines is 1. The number of pyridine rings is 1. The minimum absolute atomic E-state index is 0.607. The first kappa shape index (κ1) is 19.9. The van der Waals surface area contributed by atoms with E-state index in [9.17, 15) is 0 Å². The minimum atomic E-state index is 0.607. The first-order chi connectivity index (χ1) is 13.2. The molecule has 0 aliphatic carbocycles. The van der Waals surface area contributed by atoms with Crippen LogP contribution in [0.2, 0.25) is 0 Å². The third-order valence-corrected chi connectivity index (χ3v) is 5.44. The molecular formula is C21H36N6. The molecule has 1 atom stereocenters. The summed E-state index contributed by atoms with van der Waals surface area (Å²) in [5.74, 6) is 2.88. The van der Waals surface area contributed by atoms with E-state index in [0.29, 0.717) is 6.04 Å². The van der Waals surface area contributed by atoms with E-state index in [1.54, 1.807) is 0 Å². The lowest BCUT2D eigenvalue weighted by Gasteiger charge is -2.37. The smallest absolute Gasteiger partial charge is 0.194 e. The maximum Gasteiger partial charge on any atom is 0.194 e. The average Bonchev–Trinajstić information content (AvgIpc) is 3.12. The predicted molar refractivity (Wildman–Crippen MR) is 113 cm³/mol. The van der Waals surface area contributed by atoms with Crippen LogP contribution in [0, 0.1) is 5.92 Å². The number of rotatable bonds is 6. The fourth-order valence-corrected chi connectivity index (χ4v) is 4.12. The normalized spacial score (nSPS) is 21.9. The topological polar surface area (TPSA) is 47.0 Å². The van der Waals surface area contributed by atoms with Crippen molar-refractivity contribution in [2.24, 2.45) is 10.9 Å². The summed E-state index contributed by atoms with van der Waals surface area (Å²) in [5.41, 5.74) is 0. The summed E-state index contributed by atoms with van der Waals surface area (Å²) in [6.07, 6.45) is 4.47. The highest BCUT2D eigenvalue weighted by Crippen LogP contribution is 2.19. The molecule has 2 aliphatic heterocycles. The van der Waals surface area contributed by atoms with Gasteiger partial charge in [0, 0.05) is 51.5 Å². The largest absolute Gasteiger partial charge is 0.357 e. The summed E-state index contributed by atoms with van der Waals surface area (Å²) in [4.78, 5) is 16.9. The van der Waals surface area contributed by atoms with E-state index in [2.05, 4.69) is 57.9 Å². The van der Waals surface area contributed by atoms with Gasteiger partial charge in [0.1, 0.15) is 5.82 Å². The van der Waals surface area contributed by atoms with Gasteiger partial charge in [0.15, 0.2) is 5.96 Å². The average molecular weight is 373 g/mol. The second kappa shape index (κ2) is 9.93. The molecule has 0 bridgehead atoms. The fraction of sp³-hybridized carbons (Fsp3) is 0.714. The SMILES string of the molecule is CCNC(=NC[C@H]1CCCN1CC(C)C)N1CCN(c2ccccn2)CC1. The third-order valence-electron chi connectivity index (χ3n) is 5.44. The third kappa shape index (κ3) is 5.58. The van der Waals surface area contributed by atoms with E-state index >= 15 is 0 Å². The summed E-state index contributed by atoms with van der Waals surface area (Å²) in [5, 5.41) is 3.51. The van der Waals surface area contributed by atoms with Gasteiger partial charge in [0.05, 0.1) is 6.54 Å². The highest BCUT2D eigenvalue weighted by atomic mass is 15.4. The Labute approximate surface area is 164 Å². The van der Waals surface area contributed by atoms with Crippen molar-refractivity contribution in [2.45, 2.75) is 39.7 Å². The number of aliphatic imine (C=N–C) groups is 1. The van der Waals surface area contributed by atoms with E-state index < -0.39 is 0 Å². The van der Waals surface area contributed by atoms with Crippen LogP contribution in [0.1, 0.15) is 33.6 Å². The van der Waals surface area contributed by atoms with Crippen LogP contribution in [0.4, 0.5) is 5.82 Å². The Morgan fingerprint density at radius 1 is 1.22 bits per heavy atom. The van der Waals surface area contributed by atoms with Crippen molar-refractivity contribution in [3.8, 4) is 0 Å². The Hall–Kier alpha value is -1.82. The van der Waals surface area contributed by atoms with E-state index in [4.69, 9.17) is 4.99 Å². The van der Waals surface area contributed by atoms with Crippen LogP contribution in [0.15, 0.2) is 29.4 Å². The Morgan fingerprint density at radius 2 is 2.04 bits per heavy atom. The second-order valence-electron chi connectivity index (χ2n) is 8.04. The molecule has 1 aromatic rings. The minimum Gasteiger partial charge on any atom is -0.357 e. The molecule has 3 rings (SSSR count). The Kier molecular flexibility index (Phi) is 7.33. The quantitative estimate of drug-likeness (QED) is 0.613. The molecule has 1 N–H and O–H groups in total. The Balaban J connectivity index is 1.56. The molecule has 27 heavy (non-hydrogen) atoms. The molecule has 3 heterocycles. The zero-order chi connectivity index (χ0) is 19.1. The molecule has 0 aromatic carbocycles. The molecule has 2 fully saturated rings. The lowest BCUT2D eigenvalue weighted by atomic mass is 10.2. The van der Waals surface area contributed by atoms with Crippen LogP contribution in [0.25, 0.3) is 0 Å². The van der Waals surface area contributed by atoms with Gasteiger partial charge in [-0.3, -0.25) is 9.89 Å². The van der Waals surface area contributed by atoms with Gasteiger partial charge in [-0.1, -0.05) is 19.9 Å². The molecule has 6 heteroatoms. The number of hydrogen-bond acceptors (Lipinski definition) is 4. The number of piperazine rings is 1. The van der Waals surface area contributed by atoms with Crippen molar-refractivity contribution in [3.63, 3.8) is 0 Å². The van der Waals surface area contributed by atoms with Gasteiger partial charge < -0.3 is 15.1 Å². The lowest BCUT2D eigenvalue weighted by molar-refractivity contribution is 0.230. The molecule has 6 nitrogen and oxygen atoms in total. The van der Waals surface area contributed by atoms with Gasteiger partial charge in [-0.2, -0.15) is 0 Å². The Morgan fingerprint density at radius 3 is 2.70 bits per heavy atom. The Bertz CT molecular complexity index is 580. The number of likely N-dealkylation sites (tertiary alicyclic amines) is 1. The molecule has 0 unspecified atom stereocenters. The first-order valence-electron chi connectivity index (χ1n) is 10.6. The van der Waals surface area contributed by atoms with E-state index in [0.717, 1.165) is 57.0 Å². The maximum atomic E-state index is 5.03. The summed E-state index contributed by atoms with van der Waals surface area (Å²) >= 11 is 0. The highest BCUT2D eigenvalue weighted by Gasteiger charge is 2.25. The van der Waals surface area contributed by atoms with Gasteiger partial charge >= 0.3 is 0 Å². The first-order valence-corrected chi connectivity index (χ1v) is 10.6. The summed E-state index contributed by atoms with van der Waals surface area (Å²) in [7, 11) is 0. The number of hydrogen-bond donors (Lipinski definition) is 1. The molecule has 0 saturated carbocycles. The molecule has 2 saturated heterocycles. The summed E-state index contributed by atoms with van der Waals surface area (Å²) < 4.78 is 0. The van der Waals surface area contributed by atoms with Gasteiger partial charge in [-0.25, -0.2) is 4.98 Å².